The van der Waals surface area contributed by atoms with Gasteiger partial charge in [0.15, 0.2) is 0 Å². The number of hydrogen-bond acceptors (Lipinski definition) is 8. The van der Waals surface area contributed by atoms with Crippen molar-refractivity contribution in [3.63, 3.8) is 0 Å². The van der Waals surface area contributed by atoms with Gasteiger partial charge in [-0.2, -0.15) is 0 Å². The van der Waals surface area contributed by atoms with Gasteiger partial charge in [-0.05, 0) is 85.6 Å². The van der Waals surface area contributed by atoms with Crippen molar-refractivity contribution in [3.05, 3.63) is 63.8 Å². The van der Waals surface area contributed by atoms with Gasteiger partial charge in [0.25, 0.3) is 5.91 Å². The number of amides is 3. The highest BCUT2D eigenvalue weighted by Crippen LogP contribution is 2.25. The Labute approximate surface area is 269 Å². The fourth-order valence-electron chi connectivity index (χ4n) is 4.22. The summed E-state index contributed by atoms with van der Waals surface area (Å²) in [6, 6.07) is 6.72. The molecule has 0 atom stereocenters. The van der Waals surface area contributed by atoms with Crippen molar-refractivity contribution in [1.82, 2.24) is 20.5 Å². The van der Waals surface area contributed by atoms with Crippen LogP contribution in [0.3, 0.4) is 0 Å². The zero-order valence-corrected chi connectivity index (χ0v) is 27.5. The lowest BCUT2D eigenvalue weighted by molar-refractivity contribution is 0.0544. The molecule has 1 saturated heterocycles. The Kier molecular flexibility index (Phi) is 11.6. The summed E-state index contributed by atoms with van der Waals surface area (Å²) in [6.07, 6.45) is 4.80. The minimum absolute atomic E-state index is 0.0765. The van der Waals surface area contributed by atoms with Crippen LogP contribution in [0.1, 0.15) is 88.4 Å². The minimum atomic E-state index is -0.761. The summed E-state index contributed by atoms with van der Waals surface area (Å²) in [5, 5.41) is 5.44. The summed E-state index contributed by atoms with van der Waals surface area (Å²) in [7, 11) is 0. The predicted molar refractivity (Wildman–Crippen MR) is 176 cm³/mol. The number of guanidine groups is 1. The number of nitrogens with zero attached hydrogens (tertiary/aromatic N) is 3. The smallest absolute Gasteiger partial charge is 0.414 e. The first-order valence-corrected chi connectivity index (χ1v) is 15.0. The molecule has 1 aliphatic heterocycles. The average molecular weight is 637 g/mol. The largest absolute Gasteiger partial charge is 0.444 e. The predicted octanol–water partition coefficient (Wildman–Crippen LogP) is 5.76. The Morgan fingerprint density at radius 1 is 1.00 bits per heavy atom. The molecule has 1 aliphatic rings. The topological polar surface area (TPSA) is 148 Å². The maximum atomic E-state index is 13.2. The van der Waals surface area contributed by atoms with E-state index in [9.17, 15) is 14.4 Å². The molecule has 3 amide bonds. The summed E-state index contributed by atoms with van der Waals surface area (Å²) < 4.78 is 10.6. The van der Waals surface area contributed by atoms with Gasteiger partial charge in [0, 0.05) is 36.0 Å². The quantitative estimate of drug-likeness (QED) is 0.220. The number of carbonyl (C=O) groups excluding carboxylic acids is 3. The molecule has 12 heteroatoms. The van der Waals surface area contributed by atoms with Gasteiger partial charge in [0.1, 0.15) is 17.0 Å². The molecule has 240 valence electrons. The molecule has 0 unspecified atom stereocenters. The maximum absolute atomic E-state index is 13.2. The van der Waals surface area contributed by atoms with Crippen LogP contribution in [0, 0.1) is 11.8 Å². The monoisotopic (exact) mass is 636 g/mol. The molecule has 0 aliphatic carbocycles. The zero-order chi connectivity index (χ0) is 33.4. The van der Waals surface area contributed by atoms with Gasteiger partial charge in [-0.25, -0.2) is 19.6 Å². The molecule has 3 rings (SSSR count). The highest BCUT2D eigenvalue weighted by Gasteiger charge is 2.26. The third-order valence-electron chi connectivity index (χ3n) is 6.18. The van der Waals surface area contributed by atoms with Crippen molar-refractivity contribution in [2.45, 2.75) is 78.6 Å². The van der Waals surface area contributed by atoms with E-state index in [4.69, 9.17) is 26.8 Å². The number of carbonyl (C=O) groups is 3. The van der Waals surface area contributed by atoms with Crippen LogP contribution in [-0.2, 0) is 9.47 Å². The summed E-state index contributed by atoms with van der Waals surface area (Å²) >= 11 is 6.46. The lowest BCUT2D eigenvalue weighted by Gasteiger charge is -2.31. The van der Waals surface area contributed by atoms with Crippen molar-refractivity contribution in [1.29, 1.82) is 0 Å². The number of benzene rings is 1. The number of nitrogens with one attached hydrogen (secondary N) is 2. The molecule has 0 saturated carbocycles. The molecule has 0 spiro atoms. The number of hydrogen-bond donors (Lipinski definition) is 3. The van der Waals surface area contributed by atoms with Crippen LogP contribution >= 0.6 is 11.6 Å². The number of rotatable bonds is 3. The maximum Gasteiger partial charge on any atom is 0.414 e. The Bertz CT molecular complexity index is 1490. The van der Waals surface area contributed by atoms with E-state index in [-0.39, 0.29) is 23.7 Å². The number of anilines is 1. The number of piperidine rings is 1. The van der Waals surface area contributed by atoms with E-state index in [1.807, 2.05) is 19.1 Å². The first-order valence-electron chi connectivity index (χ1n) is 14.6. The second-order valence-electron chi connectivity index (χ2n) is 12.4. The number of alkyl carbamates (subject to hydrolysis) is 2. The third-order valence-corrected chi connectivity index (χ3v) is 6.59. The van der Waals surface area contributed by atoms with E-state index in [1.54, 1.807) is 76.9 Å². The van der Waals surface area contributed by atoms with Crippen molar-refractivity contribution in [3.8, 4) is 11.8 Å². The van der Waals surface area contributed by atoms with Crippen LogP contribution in [0.4, 0.5) is 15.4 Å². The molecular formula is C33H41ClN6O5. The number of nitrogen functional groups attached to an aromatic ring is 1. The standard InChI is InChI=1S/C33H41ClN6O5/c1-8-9-23-20-36-27(35)25(26(23)34)15-12-21-10-13-22(14-11-21)28(41)40-18-16-24(17-19-40)37-29(38-30(42)44-32(2,3)4)39-31(43)45-33(5,6)7/h8-11,13-14,20,24H,16-19H2,1-7H3,(H2,35,36)(H2,37,38,39,42,43)/b9-8-. The van der Waals surface area contributed by atoms with Gasteiger partial charge in [-0.15, -0.1) is 0 Å². The average Bonchev–Trinajstić information content (AvgIpc) is 2.93. The van der Waals surface area contributed by atoms with Gasteiger partial charge >= 0.3 is 12.2 Å². The summed E-state index contributed by atoms with van der Waals surface area (Å²) in [5.74, 6) is 6.08. The molecule has 0 bridgehead atoms. The number of halogens is 1. The lowest BCUT2D eigenvalue weighted by atomic mass is 10.0. The van der Waals surface area contributed by atoms with Crippen LogP contribution in [0.2, 0.25) is 5.02 Å². The van der Waals surface area contributed by atoms with E-state index >= 15 is 0 Å². The van der Waals surface area contributed by atoms with Crippen LogP contribution in [0.15, 0.2) is 41.5 Å². The van der Waals surface area contributed by atoms with Crippen LogP contribution in [0.25, 0.3) is 6.08 Å². The summed E-state index contributed by atoms with van der Waals surface area (Å²) in [6.45, 7) is 13.1. The second-order valence-corrected chi connectivity index (χ2v) is 12.7. The normalized spacial score (nSPS) is 13.8. The van der Waals surface area contributed by atoms with Gasteiger partial charge < -0.3 is 20.1 Å². The van der Waals surface area contributed by atoms with E-state index in [2.05, 4.69) is 32.5 Å². The highest BCUT2D eigenvalue weighted by atomic mass is 35.5. The van der Waals surface area contributed by atoms with E-state index in [0.717, 1.165) is 5.56 Å². The molecule has 1 aromatic heterocycles. The summed E-state index contributed by atoms with van der Waals surface area (Å²) in [4.78, 5) is 48.5. The second kappa shape index (κ2) is 14.9. The van der Waals surface area contributed by atoms with Gasteiger partial charge in [-0.1, -0.05) is 35.6 Å². The molecule has 11 nitrogen and oxygen atoms in total. The highest BCUT2D eigenvalue weighted by molar-refractivity contribution is 6.33. The molecule has 0 radical (unpaired) electrons. The van der Waals surface area contributed by atoms with Crippen molar-refractivity contribution in [2.75, 3.05) is 18.8 Å². The Hall–Kier alpha value is -4.56. The Morgan fingerprint density at radius 3 is 2.07 bits per heavy atom. The molecule has 1 aromatic carbocycles. The van der Waals surface area contributed by atoms with Crippen LogP contribution in [-0.4, -0.2) is 64.3 Å². The molecule has 2 aromatic rings. The lowest BCUT2D eigenvalue weighted by Crippen LogP contribution is -2.48. The fraction of sp³-hybridized carbons (Fsp3) is 0.424. The number of likely N-dealkylation sites (tertiary alicyclic amines) is 1. The fourth-order valence-corrected chi connectivity index (χ4v) is 4.48. The van der Waals surface area contributed by atoms with Gasteiger partial charge in [-0.3, -0.25) is 15.4 Å². The van der Waals surface area contributed by atoms with Crippen molar-refractivity contribution >= 4 is 47.5 Å². The van der Waals surface area contributed by atoms with Gasteiger partial charge in [0.05, 0.1) is 16.6 Å². The van der Waals surface area contributed by atoms with E-state index < -0.39 is 23.4 Å². The zero-order valence-electron chi connectivity index (χ0n) is 26.8. The third kappa shape index (κ3) is 11.1. The number of aromatic nitrogens is 1. The molecule has 4 N–H and O–H groups in total. The number of ether oxygens (including phenoxy) is 2. The number of allylic oxidation sites excluding steroid dienone is 1. The molecule has 45 heavy (non-hydrogen) atoms. The number of nitrogens with two attached hydrogens (primary N) is 1. The van der Waals surface area contributed by atoms with Crippen LogP contribution < -0.4 is 16.4 Å². The first kappa shape index (κ1) is 34.9. The SMILES string of the molecule is C/C=C\c1cnc(N)c(C#Cc2ccc(C(=O)N3CCC(N=C(NC(=O)OC(C)(C)C)NC(=O)OC(C)(C)C)CC3)cc2)c1Cl. The molecule has 2 heterocycles. The Balaban J connectivity index is 1.66. The number of pyridine rings is 1. The van der Waals surface area contributed by atoms with Gasteiger partial charge in [0.2, 0.25) is 5.96 Å². The van der Waals surface area contributed by atoms with Crippen molar-refractivity contribution in [2.24, 2.45) is 4.99 Å². The van der Waals surface area contributed by atoms with Crippen LogP contribution in [0.5, 0.6) is 0 Å². The molecular weight excluding hydrogens is 596 g/mol. The minimum Gasteiger partial charge on any atom is -0.444 e. The van der Waals surface area contributed by atoms with Crippen molar-refractivity contribution < 1.29 is 23.9 Å². The Morgan fingerprint density at radius 2 is 1.56 bits per heavy atom. The van der Waals surface area contributed by atoms with E-state index in [0.29, 0.717) is 47.6 Å². The molecule has 1 fully saturated rings. The summed E-state index contributed by atoms with van der Waals surface area (Å²) in [5.41, 5.74) is 6.89. The van der Waals surface area contributed by atoms with E-state index in [1.165, 1.54) is 0 Å². The number of aliphatic imine (C=N–C) groups is 1. The first-order chi connectivity index (χ1) is 21.0.